The summed E-state index contributed by atoms with van der Waals surface area (Å²) in [4.78, 5) is 14.3. The molecule has 4 heteroatoms. The molecule has 0 radical (unpaired) electrons. The lowest BCUT2D eigenvalue weighted by atomic mass is 9.75. The molecule has 0 unspecified atom stereocenters. The lowest BCUT2D eigenvalue weighted by Gasteiger charge is -2.35. The van der Waals surface area contributed by atoms with E-state index in [1.165, 1.54) is 32.1 Å². The highest BCUT2D eigenvalue weighted by molar-refractivity contribution is 9.09. The number of rotatable bonds is 5. The number of alkyl halides is 1. The van der Waals surface area contributed by atoms with Crippen LogP contribution in [0.3, 0.4) is 0 Å². The van der Waals surface area contributed by atoms with E-state index >= 15 is 0 Å². The smallest absolute Gasteiger partial charge is 0.251 e. The zero-order valence-electron chi connectivity index (χ0n) is 13.0. The second kappa shape index (κ2) is 7.30. The molecule has 0 spiro atoms. The van der Waals surface area contributed by atoms with Gasteiger partial charge in [0, 0.05) is 37.2 Å². The van der Waals surface area contributed by atoms with Crippen LogP contribution in [0.2, 0.25) is 0 Å². The molecule has 1 amide bonds. The lowest BCUT2D eigenvalue weighted by Crippen LogP contribution is -2.40. The molecular formula is C17H25BrN2O. The van der Waals surface area contributed by atoms with Crippen LogP contribution in [0.25, 0.3) is 0 Å². The average molecular weight is 353 g/mol. The number of carbonyl (C=O) groups excluding carboxylic acids is 1. The number of halogens is 1. The highest BCUT2D eigenvalue weighted by Crippen LogP contribution is 2.37. The summed E-state index contributed by atoms with van der Waals surface area (Å²) in [5.74, 6) is 0.0335. The van der Waals surface area contributed by atoms with Crippen LogP contribution in [-0.2, 0) is 0 Å². The van der Waals surface area contributed by atoms with Crippen molar-refractivity contribution >= 4 is 27.5 Å². The van der Waals surface area contributed by atoms with Gasteiger partial charge in [-0.25, -0.2) is 0 Å². The first kappa shape index (κ1) is 16.3. The number of benzene rings is 1. The third kappa shape index (κ3) is 4.22. The van der Waals surface area contributed by atoms with Gasteiger partial charge in [-0.05, 0) is 42.5 Å². The maximum atomic E-state index is 12.3. The molecule has 2 rings (SSSR count). The molecule has 0 saturated heterocycles. The number of anilines is 1. The van der Waals surface area contributed by atoms with E-state index in [2.05, 4.69) is 21.2 Å². The number of nitrogens with one attached hydrogen (secondary N) is 1. The van der Waals surface area contributed by atoms with Crippen molar-refractivity contribution in [3.05, 3.63) is 29.8 Å². The summed E-state index contributed by atoms with van der Waals surface area (Å²) in [6.07, 6.45) is 6.29. The van der Waals surface area contributed by atoms with Crippen LogP contribution in [0.15, 0.2) is 24.3 Å². The van der Waals surface area contributed by atoms with Gasteiger partial charge in [0.05, 0.1) is 0 Å². The van der Waals surface area contributed by atoms with Gasteiger partial charge in [0.1, 0.15) is 0 Å². The molecule has 0 bridgehead atoms. The van der Waals surface area contributed by atoms with Gasteiger partial charge in [-0.2, -0.15) is 0 Å². The van der Waals surface area contributed by atoms with E-state index in [4.69, 9.17) is 0 Å². The van der Waals surface area contributed by atoms with Crippen LogP contribution in [-0.4, -0.2) is 31.9 Å². The molecule has 1 N–H and O–H groups in total. The fourth-order valence-corrected chi connectivity index (χ4v) is 3.70. The molecule has 0 heterocycles. The van der Waals surface area contributed by atoms with Gasteiger partial charge in [0.15, 0.2) is 0 Å². The Kier molecular flexibility index (Phi) is 5.68. The Bertz CT molecular complexity index is 464. The van der Waals surface area contributed by atoms with Crippen molar-refractivity contribution in [2.24, 2.45) is 5.41 Å². The van der Waals surface area contributed by atoms with E-state index < -0.39 is 0 Å². The van der Waals surface area contributed by atoms with Gasteiger partial charge in [-0.1, -0.05) is 35.2 Å². The van der Waals surface area contributed by atoms with Crippen molar-refractivity contribution in [3.8, 4) is 0 Å². The number of amides is 1. The molecule has 1 aromatic rings. The van der Waals surface area contributed by atoms with Crippen molar-refractivity contribution in [2.45, 2.75) is 32.1 Å². The zero-order valence-corrected chi connectivity index (χ0v) is 14.6. The molecule has 1 aliphatic carbocycles. The number of hydrogen-bond donors (Lipinski definition) is 1. The molecule has 1 aromatic carbocycles. The van der Waals surface area contributed by atoms with Gasteiger partial charge in [0.25, 0.3) is 5.91 Å². The van der Waals surface area contributed by atoms with Crippen LogP contribution in [0.1, 0.15) is 42.5 Å². The second-order valence-corrected chi connectivity index (χ2v) is 6.88. The average Bonchev–Trinajstić information content (AvgIpc) is 2.53. The van der Waals surface area contributed by atoms with Gasteiger partial charge in [-0.3, -0.25) is 4.79 Å². The van der Waals surface area contributed by atoms with Crippen LogP contribution in [0.4, 0.5) is 5.69 Å². The highest BCUT2D eigenvalue weighted by Gasteiger charge is 2.31. The molecule has 1 aliphatic rings. The van der Waals surface area contributed by atoms with Crippen molar-refractivity contribution < 1.29 is 4.79 Å². The summed E-state index contributed by atoms with van der Waals surface area (Å²) in [7, 11) is 4.00. The Labute approximate surface area is 136 Å². The molecule has 0 aliphatic heterocycles. The first-order valence-electron chi connectivity index (χ1n) is 7.68. The Morgan fingerprint density at radius 1 is 1.19 bits per heavy atom. The summed E-state index contributed by atoms with van der Waals surface area (Å²) < 4.78 is 0. The molecule has 1 fully saturated rings. The SMILES string of the molecule is CN(C)c1ccc(C(=O)NCC2(CBr)CCCCC2)cc1. The van der Waals surface area contributed by atoms with E-state index in [1.807, 2.05) is 43.3 Å². The normalized spacial score (nSPS) is 17.3. The number of carbonyl (C=O) groups is 1. The minimum Gasteiger partial charge on any atom is -0.378 e. The summed E-state index contributed by atoms with van der Waals surface area (Å²) in [6, 6.07) is 7.75. The number of hydrogen-bond acceptors (Lipinski definition) is 2. The first-order valence-corrected chi connectivity index (χ1v) is 8.80. The second-order valence-electron chi connectivity index (χ2n) is 6.32. The van der Waals surface area contributed by atoms with E-state index in [0.717, 1.165) is 23.1 Å². The van der Waals surface area contributed by atoms with Crippen LogP contribution >= 0.6 is 15.9 Å². The van der Waals surface area contributed by atoms with E-state index in [9.17, 15) is 4.79 Å². The highest BCUT2D eigenvalue weighted by atomic mass is 79.9. The van der Waals surface area contributed by atoms with E-state index in [1.54, 1.807) is 0 Å². The largest absolute Gasteiger partial charge is 0.378 e. The Balaban J connectivity index is 1.94. The fraction of sp³-hybridized carbons (Fsp3) is 0.588. The number of nitrogens with zero attached hydrogens (tertiary/aromatic N) is 1. The predicted octanol–water partition coefficient (Wildman–Crippen LogP) is 3.83. The Morgan fingerprint density at radius 2 is 1.81 bits per heavy atom. The van der Waals surface area contributed by atoms with E-state index in [0.29, 0.717) is 0 Å². The van der Waals surface area contributed by atoms with Crippen molar-refractivity contribution in [1.82, 2.24) is 5.32 Å². The monoisotopic (exact) mass is 352 g/mol. The Morgan fingerprint density at radius 3 is 2.33 bits per heavy atom. The zero-order chi connectivity index (χ0) is 15.3. The maximum absolute atomic E-state index is 12.3. The molecular weight excluding hydrogens is 328 g/mol. The van der Waals surface area contributed by atoms with Crippen LogP contribution in [0.5, 0.6) is 0 Å². The third-order valence-corrected chi connectivity index (χ3v) is 5.66. The van der Waals surface area contributed by atoms with E-state index in [-0.39, 0.29) is 11.3 Å². The molecule has 0 aromatic heterocycles. The van der Waals surface area contributed by atoms with Crippen LogP contribution < -0.4 is 10.2 Å². The summed E-state index contributed by atoms with van der Waals surface area (Å²) in [5.41, 5.74) is 2.09. The summed E-state index contributed by atoms with van der Waals surface area (Å²) >= 11 is 3.64. The van der Waals surface area contributed by atoms with Crippen molar-refractivity contribution in [1.29, 1.82) is 0 Å². The van der Waals surface area contributed by atoms with Gasteiger partial charge in [0.2, 0.25) is 0 Å². The fourth-order valence-electron chi connectivity index (χ4n) is 2.94. The van der Waals surface area contributed by atoms with Gasteiger partial charge < -0.3 is 10.2 Å². The predicted molar refractivity (Wildman–Crippen MR) is 92.4 cm³/mol. The lowest BCUT2D eigenvalue weighted by molar-refractivity contribution is 0.0922. The quantitative estimate of drug-likeness (QED) is 0.816. The summed E-state index contributed by atoms with van der Waals surface area (Å²) in [6.45, 7) is 0.770. The summed E-state index contributed by atoms with van der Waals surface area (Å²) in [5, 5.41) is 4.10. The standard InChI is InChI=1S/C17H25BrN2O/c1-20(2)15-8-6-14(7-9-15)16(21)19-13-17(12-18)10-4-3-5-11-17/h6-9H,3-5,10-13H2,1-2H3,(H,19,21). The minimum absolute atomic E-state index is 0.0335. The van der Waals surface area contributed by atoms with Gasteiger partial charge >= 0.3 is 0 Å². The van der Waals surface area contributed by atoms with Crippen molar-refractivity contribution in [2.75, 3.05) is 30.9 Å². The topological polar surface area (TPSA) is 32.3 Å². The molecule has 0 atom stereocenters. The molecule has 1 saturated carbocycles. The van der Waals surface area contributed by atoms with Crippen LogP contribution in [0, 0.1) is 5.41 Å². The Hall–Kier alpha value is -1.03. The minimum atomic E-state index is 0.0335. The molecule has 116 valence electrons. The van der Waals surface area contributed by atoms with Crippen molar-refractivity contribution in [3.63, 3.8) is 0 Å². The molecule has 3 nitrogen and oxygen atoms in total. The molecule has 21 heavy (non-hydrogen) atoms. The van der Waals surface area contributed by atoms with Gasteiger partial charge in [-0.15, -0.1) is 0 Å². The third-order valence-electron chi connectivity index (χ3n) is 4.47. The maximum Gasteiger partial charge on any atom is 0.251 e. The first-order chi connectivity index (χ1) is 10.1.